The van der Waals surface area contributed by atoms with Crippen molar-refractivity contribution in [1.82, 2.24) is 5.32 Å². The number of nitrogens with two attached hydrogens (primary N) is 1. The Morgan fingerprint density at radius 2 is 2.05 bits per heavy atom. The summed E-state index contributed by atoms with van der Waals surface area (Å²) in [7, 11) is 0. The van der Waals surface area contributed by atoms with Crippen LogP contribution in [0.4, 0.5) is 10.1 Å². The highest BCUT2D eigenvalue weighted by Gasteiger charge is 2.25. The zero-order valence-electron chi connectivity index (χ0n) is 11.0. The second kappa shape index (κ2) is 5.64. The van der Waals surface area contributed by atoms with E-state index in [1.165, 1.54) is 0 Å². The molecule has 108 valence electrons. The number of rotatable bonds is 5. The molecule has 0 aliphatic carbocycles. The van der Waals surface area contributed by atoms with Gasteiger partial charge in [0.1, 0.15) is 0 Å². The van der Waals surface area contributed by atoms with Gasteiger partial charge < -0.3 is 11.1 Å². The predicted octanol–water partition coefficient (Wildman–Crippen LogP) is 1.12. The average molecular weight is 283 g/mol. The molecule has 0 atom stereocenters. The lowest BCUT2D eigenvalue weighted by Crippen LogP contribution is -2.46. The first-order valence-corrected chi connectivity index (χ1v) is 5.67. The fourth-order valence-corrected chi connectivity index (χ4v) is 1.65. The molecule has 0 aliphatic rings. The van der Waals surface area contributed by atoms with Crippen LogP contribution in [0.25, 0.3) is 0 Å². The van der Waals surface area contributed by atoms with E-state index in [1.54, 1.807) is 13.8 Å². The van der Waals surface area contributed by atoms with Crippen LogP contribution in [0, 0.1) is 15.9 Å². The Kier molecular flexibility index (Phi) is 4.38. The molecule has 0 radical (unpaired) electrons. The quantitative estimate of drug-likeness (QED) is 0.622. The molecule has 0 fully saturated rings. The molecular formula is C12H14FN3O4. The van der Waals surface area contributed by atoms with Gasteiger partial charge >= 0.3 is 5.69 Å². The molecular weight excluding hydrogens is 269 g/mol. The molecule has 0 saturated carbocycles. The summed E-state index contributed by atoms with van der Waals surface area (Å²) in [6.45, 7) is 3.15. The predicted molar refractivity (Wildman–Crippen MR) is 68.4 cm³/mol. The van der Waals surface area contributed by atoms with Crippen LogP contribution in [0.1, 0.15) is 30.6 Å². The van der Waals surface area contributed by atoms with E-state index in [-0.39, 0.29) is 12.0 Å². The third-order valence-corrected chi connectivity index (χ3v) is 2.47. The summed E-state index contributed by atoms with van der Waals surface area (Å²) in [5.41, 5.74) is 3.28. The maximum Gasteiger partial charge on any atom is 0.305 e. The molecule has 0 unspecified atom stereocenters. The van der Waals surface area contributed by atoms with E-state index in [0.717, 1.165) is 18.2 Å². The number of halogens is 1. The number of carbonyl (C=O) groups is 2. The van der Waals surface area contributed by atoms with E-state index in [1.807, 2.05) is 0 Å². The maximum absolute atomic E-state index is 13.2. The molecule has 8 heteroatoms. The normalized spacial score (nSPS) is 10.9. The molecule has 0 heterocycles. The van der Waals surface area contributed by atoms with E-state index < -0.39 is 33.8 Å². The van der Waals surface area contributed by atoms with Gasteiger partial charge in [-0.3, -0.25) is 19.7 Å². The Balaban J connectivity index is 2.96. The van der Waals surface area contributed by atoms with Crippen molar-refractivity contribution in [2.75, 3.05) is 0 Å². The van der Waals surface area contributed by atoms with Crippen LogP contribution in [0.3, 0.4) is 0 Å². The largest absolute Gasteiger partial charge is 0.370 e. The van der Waals surface area contributed by atoms with Crippen LogP contribution in [0.2, 0.25) is 0 Å². The summed E-state index contributed by atoms with van der Waals surface area (Å²) in [4.78, 5) is 32.5. The van der Waals surface area contributed by atoms with Crippen LogP contribution in [0.5, 0.6) is 0 Å². The van der Waals surface area contributed by atoms with Gasteiger partial charge in [0.2, 0.25) is 11.7 Å². The van der Waals surface area contributed by atoms with Gasteiger partial charge in [0.05, 0.1) is 4.92 Å². The first-order chi connectivity index (χ1) is 9.12. The molecule has 3 N–H and O–H groups in total. The van der Waals surface area contributed by atoms with Crippen LogP contribution in [-0.4, -0.2) is 22.3 Å². The van der Waals surface area contributed by atoms with Crippen molar-refractivity contribution in [3.63, 3.8) is 0 Å². The number of nitrogens with one attached hydrogen (secondary N) is 1. The minimum Gasteiger partial charge on any atom is -0.370 e. The van der Waals surface area contributed by atoms with Crippen LogP contribution in [-0.2, 0) is 4.79 Å². The van der Waals surface area contributed by atoms with Gasteiger partial charge in [0.15, 0.2) is 0 Å². The Morgan fingerprint density at radius 3 is 2.55 bits per heavy atom. The topological polar surface area (TPSA) is 115 Å². The lowest BCUT2D eigenvalue weighted by Gasteiger charge is -2.24. The number of nitrogens with zero attached hydrogens (tertiary/aromatic N) is 1. The van der Waals surface area contributed by atoms with Gasteiger partial charge in [-0.25, -0.2) is 0 Å². The molecule has 7 nitrogen and oxygen atoms in total. The first kappa shape index (κ1) is 15.5. The van der Waals surface area contributed by atoms with Crippen molar-refractivity contribution in [1.29, 1.82) is 0 Å². The zero-order valence-corrected chi connectivity index (χ0v) is 11.0. The number of benzene rings is 1. The van der Waals surface area contributed by atoms with Crippen molar-refractivity contribution in [2.45, 2.75) is 25.8 Å². The molecule has 0 bridgehead atoms. The molecule has 1 aromatic rings. The van der Waals surface area contributed by atoms with Gasteiger partial charge in [0.25, 0.3) is 5.91 Å². The van der Waals surface area contributed by atoms with E-state index in [4.69, 9.17) is 5.73 Å². The van der Waals surface area contributed by atoms with E-state index >= 15 is 0 Å². The number of hydrogen-bond donors (Lipinski definition) is 2. The van der Waals surface area contributed by atoms with Crippen molar-refractivity contribution in [2.24, 2.45) is 5.73 Å². The molecule has 2 amide bonds. The summed E-state index contributed by atoms with van der Waals surface area (Å²) in [6, 6.07) is 2.80. The minimum atomic E-state index is -1.03. The van der Waals surface area contributed by atoms with Gasteiger partial charge in [-0.2, -0.15) is 4.39 Å². The second-order valence-electron chi connectivity index (χ2n) is 4.90. The van der Waals surface area contributed by atoms with Crippen molar-refractivity contribution in [3.8, 4) is 0 Å². The fourth-order valence-electron chi connectivity index (χ4n) is 1.65. The standard InChI is InChI=1S/C12H14FN3O4/c1-12(2,6-10(14)17)15-11(18)7-3-4-8(13)9(5-7)16(19)20/h3-5H,6H2,1-2H3,(H2,14,17)(H,15,18). The summed E-state index contributed by atoms with van der Waals surface area (Å²) < 4.78 is 13.2. The molecule has 1 aromatic carbocycles. The van der Waals surface area contributed by atoms with Crippen LogP contribution < -0.4 is 11.1 Å². The number of primary amides is 1. The summed E-state index contributed by atoms with van der Waals surface area (Å²) in [5, 5.41) is 13.1. The summed E-state index contributed by atoms with van der Waals surface area (Å²) >= 11 is 0. The SMILES string of the molecule is CC(C)(CC(N)=O)NC(=O)c1ccc(F)c([N+](=O)[O-])c1. The molecule has 20 heavy (non-hydrogen) atoms. The lowest BCUT2D eigenvalue weighted by molar-refractivity contribution is -0.387. The van der Waals surface area contributed by atoms with Gasteiger partial charge in [-0.1, -0.05) is 0 Å². The number of nitro benzene ring substituents is 1. The Bertz CT molecular complexity index is 572. The molecule has 0 spiro atoms. The van der Waals surface area contributed by atoms with Gasteiger partial charge in [0, 0.05) is 23.6 Å². The fraction of sp³-hybridized carbons (Fsp3) is 0.333. The highest BCUT2D eigenvalue weighted by atomic mass is 19.1. The Morgan fingerprint density at radius 1 is 1.45 bits per heavy atom. The highest BCUT2D eigenvalue weighted by molar-refractivity contribution is 5.95. The Hall–Kier alpha value is -2.51. The zero-order chi connectivity index (χ0) is 15.5. The number of amides is 2. The van der Waals surface area contributed by atoms with Crippen molar-refractivity contribution >= 4 is 17.5 Å². The number of nitro groups is 1. The maximum atomic E-state index is 13.2. The number of hydrogen-bond acceptors (Lipinski definition) is 4. The number of carbonyl (C=O) groups excluding carboxylic acids is 2. The van der Waals surface area contributed by atoms with Crippen molar-refractivity contribution in [3.05, 3.63) is 39.7 Å². The summed E-state index contributed by atoms with van der Waals surface area (Å²) in [6.07, 6.45) is -0.0952. The van der Waals surface area contributed by atoms with Gasteiger partial charge in [-0.15, -0.1) is 0 Å². The molecule has 0 aromatic heterocycles. The monoisotopic (exact) mass is 283 g/mol. The molecule has 0 aliphatic heterocycles. The minimum absolute atomic E-state index is 0.0735. The van der Waals surface area contributed by atoms with E-state index in [2.05, 4.69) is 5.32 Å². The van der Waals surface area contributed by atoms with Crippen LogP contribution >= 0.6 is 0 Å². The Labute approximate surface area is 114 Å². The smallest absolute Gasteiger partial charge is 0.305 e. The lowest BCUT2D eigenvalue weighted by atomic mass is 9.99. The van der Waals surface area contributed by atoms with Crippen LogP contribution in [0.15, 0.2) is 18.2 Å². The first-order valence-electron chi connectivity index (χ1n) is 5.67. The summed E-state index contributed by atoms with van der Waals surface area (Å²) in [5.74, 6) is -2.28. The van der Waals surface area contributed by atoms with E-state index in [0.29, 0.717) is 0 Å². The third kappa shape index (κ3) is 4.01. The van der Waals surface area contributed by atoms with Crippen molar-refractivity contribution < 1.29 is 18.9 Å². The molecule has 1 rings (SSSR count). The van der Waals surface area contributed by atoms with Gasteiger partial charge in [-0.05, 0) is 26.0 Å². The van der Waals surface area contributed by atoms with E-state index in [9.17, 15) is 24.1 Å². The highest BCUT2D eigenvalue weighted by Crippen LogP contribution is 2.19. The second-order valence-corrected chi connectivity index (χ2v) is 4.90. The molecule has 0 saturated heterocycles. The average Bonchev–Trinajstić information content (AvgIpc) is 2.26. The third-order valence-electron chi connectivity index (χ3n) is 2.47.